The number of benzene rings is 3. The number of rotatable bonds is 13. The quantitative estimate of drug-likeness (QED) is 0.283. The average molecular weight is 585 g/mol. The van der Waals surface area contributed by atoms with Crippen molar-refractivity contribution in [3.05, 3.63) is 76.9 Å². The molecule has 2 aliphatic heterocycles. The molecule has 43 heavy (non-hydrogen) atoms. The number of hydrogen-bond acceptors (Lipinski definition) is 5. The van der Waals surface area contributed by atoms with E-state index in [0.29, 0.717) is 32.3 Å². The van der Waals surface area contributed by atoms with Gasteiger partial charge in [0.2, 0.25) is 23.6 Å². The van der Waals surface area contributed by atoms with Crippen molar-refractivity contribution < 1.29 is 23.9 Å². The Labute approximate surface area is 252 Å². The van der Waals surface area contributed by atoms with Gasteiger partial charge in [-0.05, 0) is 71.2 Å². The Morgan fingerprint density at radius 1 is 1.00 bits per heavy atom. The summed E-state index contributed by atoms with van der Waals surface area (Å²) in [5, 5.41) is 7.93. The lowest BCUT2D eigenvalue weighted by molar-refractivity contribution is -0.127. The zero-order valence-corrected chi connectivity index (χ0v) is 24.7. The average Bonchev–Trinajstić information content (AvgIpc) is 3.32. The fourth-order valence-corrected chi connectivity index (χ4v) is 6.13. The molecule has 0 aromatic heterocycles. The second-order valence-corrected chi connectivity index (χ2v) is 11.5. The van der Waals surface area contributed by atoms with E-state index in [1.807, 2.05) is 24.3 Å². The first-order valence-electron chi connectivity index (χ1n) is 15.1. The summed E-state index contributed by atoms with van der Waals surface area (Å²) in [5.74, 6) is -0.659. The van der Waals surface area contributed by atoms with Gasteiger partial charge in [-0.25, -0.2) is 0 Å². The molecule has 226 valence electrons. The number of primary amides is 1. The minimum absolute atomic E-state index is 0.0268. The minimum Gasteiger partial charge on any atom is -0.375 e. The van der Waals surface area contributed by atoms with Gasteiger partial charge >= 0.3 is 0 Å². The van der Waals surface area contributed by atoms with E-state index in [1.54, 1.807) is 11.9 Å². The summed E-state index contributed by atoms with van der Waals surface area (Å²) in [4.78, 5) is 51.3. The molecule has 2 atom stereocenters. The largest absolute Gasteiger partial charge is 0.375 e. The standard InChI is InChI=1S/C34H40N4O5/c1-36-31(40)9-2-5-22-11-13-26-18-23(12-14-25(26)17-22)20-43-21-28(15-16-30(35)39)37-34(42)29-19-27-8-3-6-24-7-4-10-32(41)38(29)33(24)27/h3,6,8,11-14,17-18,28-29H,2,4-5,7,9-10,15-16,19-21H2,1H3,(H2,35,39)(H,36,40)(H,37,42)/t28-,29-/m0/s1. The summed E-state index contributed by atoms with van der Waals surface area (Å²) in [7, 11) is 1.65. The molecule has 0 unspecified atom stereocenters. The maximum Gasteiger partial charge on any atom is 0.243 e. The van der Waals surface area contributed by atoms with Gasteiger partial charge in [-0.15, -0.1) is 0 Å². The SMILES string of the molecule is CNC(=O)CCCc1ccc2cc(COC[C@H](CCC(N)=O)NC(=O)[C@@H]3Cc4cccc5c4N3C(=O)CCC5)ccc2c1. The van der Waals surface area contributed by atoms with E-state index in [2.05, 4.69) is 41.0 Å². The van der Waals surface area contributed by atoms with Gasteiger partial charge in [0.25, 0.3) is 0 Å². The van der Waals surface area contributed by atoms with E-state index in [1.165, 1.54) is 5.56 Å². The van der Waals surface area contributed by atoms with Crippen LogP contribution in [0.2, 0.25) is 0 Å². The highest BCUT2D eigenvalue weighted by Crippen LogP contribution is 2.39. The number of carbonyl (C=O) groups is 4. The zero-order chi connectivity index (χ0) is 30.3. The highest BCUT2D eigenvalue weighted by molar-refractivity contribution is 6.04. The topological polar surface area (TPSA) is 131 Å². The van der Waals surface area contributed by atoms with Gasteiger partial charge in [0.15, 0.2) is 0 Å². The Kier molecular flexibility index (Phi) is 9.72. The summed E-state index contributed by atoms with van der Waals surface area (Å²) in [6, 6.07) is 17.5. The molecule has 2 aliphatic rings. The molecule has 5 rings (SSSR count). The third-order valence-corrected chi connectivity index (χ3v) is 8.37. The molecule has 9 heteroatoms. The molecule has 0 bridgehead atoms. The number of nitrogens with one attached hydrogen (secondary N) is 2. The maximum atomic E-state index is 13.6. The first-order chi connectivity index (χ1) is 20.8. The van der Waals surface area contributed by atoms with Crippen LogP contribution >= 0.6 is 0 Å². The van der Waals surface area contributed by atoms with Crippen LogP contribution in [0.1, 0.15) is 60.8 Å². The predicted molar refractivity (Wildman–Crippen MR) is 165 cm³/mol. The molecule has 4 N–H and O–H groups in total. The Morgan fingerprint density at radius 3 is 2.51 bits per heavy atom. The van der Waals surface area contributed by atoms with E-state index < -0.39 is 18.0 Å². The number of aryl methyl sites for hydroxylation is 2. The van der Waals surface area contributed by atoms with Crippen LogP contribution < -0.4 is 21.3 Å². The van der Waals surface area contributed by atoms with E-state index in [9.17, 15) is 19.2 Å². The second-order valence-electron chi connectivity index (χ2n) is 11.5. The van der Waals surface area contributed by atoms with E-state index in [4.69, 9.17) is 10.5 Å². The van der Waals surface area contributed by atoms with Gasteiger partial charge in [0, 0.05) is 32.7 Å². The molecule has 9 nitrogen and oxygen atoms in total. The summed E-state index contributed by atoms with van der Waals surface area (Å²) >= 11 is 0. The number of fused-ring (bicyclic) bond motifs is 1. The van der Waals surface area contributed by atoms with Crippen LogP contribution in [-0.2, 0) is 49.8 Å². The van der Waals surface area contributed by atoms with Crippen molar-refractivity contribution in [1.82, 2.24) is 10.6 Å². The minimum atomic E-state index is -0.619. The van der Waals surface area contributed by atoms with Crippen molar-refractivity contribution >= 4 is 40.1 Å². The molecule has 0 spiro atoms. The Balaban J connectivity index is 1.20. The number of anilines is 1. The highest BCUT2D eigenvalue weighted by Gasteiger charge is 2.41. The number of nitrogens with two attached hydrogens (primary N) is 1. The Bertz CT molecular complexity index is 1520. The zero-order valence-electron chi connectivity index (χ0n) is 24.7. The summed E-state index contributed by atoms with van der Waals surface area (Å²) in [5.41, 5.74) is 10.6. The highest BCUT2D eigenvalue weighted by atomic mass is 16.5. The molecule has 0 radical (unpaired) electrons. The molecule has 0 saturated heterocycles. The van der Waals surface area contributed by atoms with E-state index in [-0.39, 0.29) is 30.7 Å². The summed E-state index contributed by atoms with van der Waals surface area (Å²) in [6.07, 6.45) is 5.09. The first kappa shape index (κ1) is 30.2. The fourth-order valence-electron chi connectivity index (χ4n) is 6.13. The second kappa shape index (κ2) is 13.8. The maximum absolute atomic E-state index is 13.6. The van der Waals surface area contributed by atoms with Crippen molar-refractivity contribution in [2.75, 3.05) is 18.6 Å². The van der Waals surface area contributed by atoms with Gasteiger partial charge in [-0.2, -0.15) is 0 Å². The summed E-state index contributed by atoms with van der Waals surface area (Å²) in [6.45, 7) is 0.551. The van der Waals surface area contributed by atoms with Crippen molar-refractivity contribution in [3.63, 3.8) is 0 Å². The third kappa shape index (κ3) is 7.40. The van der Waals surface area contributed by atoms with E-state index >= 15 is 0 Å². The van der Waals surface area contributed by atoms with Gasteiger partial charge in [-0.1, -0.05) is 48.5 Å². The number of ether oxygens (including phenoxy) is 1. The van der Waals surface area contributed by atoms with Crippen LogP contribution in [0.15, 0.2) is 54.6 Å². The van der Waals surface area contributed by atoms with Crippen molar-refractivity contribution in [1.29, 1.82) is 0 Å². The number of carbonyl (C=O) groups excluding carboxylic acids is 4. The number of hydrogen-bond donors (Lipinski definition) is 3. The molecule has 0 saturated carbocycles. The van der Waals surface area contributed by atoms with Crippen molar-refractivity contribution in [2.24, 2.45) is 5.73 Å². The first-order valence-corrected chi connectivity index (χ1v) is 15.1. The van der Waals surface area contributed by atoms with Gasteiger partial charge in [0.1, 0.15) is 6.04 Å². The number of nitrogens with zero attached hydrogens (tertiary/aromatic N) is 1. The molecular formula is C34H40N4O5. The van der Waals surface area contributed by atoms with Gasteiger partial charge < -0.3 is 21.1 Å². The third-order valence-electron chi connectivity index (χ3n) is 8.37. The van der Waals surface area contributed by atoms with Crippen LogP contribution in [0.25, 0.3) is 10.8 Å². The van der Waals surface area contributed by atoms with Gasteiger partial charge in [-0.3, -0.25) is 24.1 Å². The van der Waals surface area contributed by atoms with E-state index in [0.717, 1.165) is 58.8 Å². The van der Waals surface area contributed by atoms with Crippen LogP contribution in [0, 0.1) is 0 Å². The Hall–Kier alpha value is -4.24. The van der Waals surface area contributed by atoms with Crippen LogP contribution in [0.4, 0.5) is 5.69 Å². The number of para-hydroxylation sites is 1. The molecule has 3 aromatic carbocycles. The lowest BCUT2D eigenvalue weighted by Crippen LogP contribution is -2.51. The van der Waals surface area contributed by atoms with Crippen LogP contribution in [-0.4, -0.2) is 49.4 Å². The van der Waals surface area contributed by atoms with Crippen molar-refractivity contribution in [2.45, 2.75) is 76.5 Å². The summed E-state index contributed by atoms with van der Waals surface area (Å²) < 4.78 is 6.04. The van der Waals surface area contributed by atoms with Gasteiger partial charge in [0.05, 0.1) is 24.9 Å². The smallest absolute Gasteiger partial charge is 0.243 e. The normalized spacial score (nSPS) is 16.4. The lowest BCUT2D eigenvalue weighted by Gasteiger charge is -2.27. The molecule has 0 aliphatic carbocycles. The number of amides is 4. The molecular weight excluding hydrogens is 544 g/mol. The molecule has 0 fully saturated rings. The molecule has 3 aromatic rings. The van der Waals surface area contributed by atoms with Crippen LogP contribution in [0.3, 0.4) is 0 Å². The fraction of sp³-hybridized carbons (Fsp3) is 0.412. The monoisotopic (exact) mass is 584 g/mol. The van der Waals surface area contributed by atoms with Crippen molar-refractivity contribution in [3.8, 4) is 0 Å². The lowest BCUT2D eigenvalue weighted by atomic mass is 10.0. The predicted octanol–water partition coefficient (Wildman–Crippen LogP) is 3.47. The molecule has 2 heterocycles. The Morgan fingerprint density at radius 2 is 1.74 bits per heavy atom. The molecule has 4 amide bonds. The van der Waals surface area contributed by atoms with Crippen LogP contribution in [0.5, 0.6) is 0 Å².